The molecule has 1 fully saturated rings. The van der Waals surface area contributed by atoms with Gasteiger partial charge in [0.2, 0.25) is 0 Å². The number of aliphatic hydroxyl groups is 2. The second kappa shape index (κ2) is 5.30. The van der Waals surface area contributed by atoms with Crippen molar-refractivity contribution < 1.29 is 24.4 Å². The second-order valence-corrected chi connectivity index (χ2v) is 10.2. The van der Waals surface area contributed by atoms with Crippen LogP contribution in [0.5, 0.6) is 11.5 Å². The molecule has 0 radical (unpaired) electrons. The number of hydrogen-bond acceptors (Lipinski definition) is 5. The molecule has 7 heteroatoms. The first-order chi connectivity index (χ1) is 15.4. The molecule has 164 valence electrons. The minimum atomic E-state index is -1.12. The molecule has 1 spiro atoms. The molecule has 2 aliphatic carbocycles. The van der Waals surface area contributed by atoms with Gasteiger partial charge in [0.05, 0.1) is 28.3 Å². The quantitative estimate of drug-likeness (QED) is 0.437. The van der Waals surface area contributed by atoms with Gasteiger partial charge in [-0.25, -0.2) is 4.39 Å². The largest absolute Gasteiger partial charge is 0.504 e. The summed E-state index contributed by atoms with van der Waals surface area (Å²) < 4.78 is 23.4. The summed E-state index contributed by atoms with van der Waals surface area (Å²) in [5.74, 6) is 0.211. The molecule has 3 aliphatic heterocycles. The number of aryl methyl sites for hydroxylation is 1. The molecule has 4 N–H and O–H groups in total. The van der Waals surface area contributed by atoms with Crippen molar-refractivity contribution in [3.8, 4) is 11.5 Å². The predicted octanol–water partition coefficient (Wildman–Crippen LogP) is 2.50. The lowest BCUT2D eigenvalue weighted by molar-refractivity contribution is -0.135. The summed E-state index contributed by atoms with van der Waals surface area (Å²) in [6.07, 6.45) is 1.06. The van der Waals surface area contributed by atoms with Crippen molar-refractivity contribution in [1.29, 1.82) is 0 Å². The van der Waals surface area contributed by atoms with Gasteiger partial charge in [-0.05, 0) is 55.1 Å². The number of phenols is 1. The molecule has 8 rings (SSSR count). The van der Waals surface area contributed by atoms with Gasteiger partial charge < -0.3 is 29.9 Å². The third-order valence-corrected chi connectivity index (χ3v) is 9.01. The van der Waals surface area contributed by atoms with E-state index in [1.807, 2.05) is 6.07 Å². The number of phenolic OH excluding ortho intramolecular Hbond substituents is 1. The fourth-order valence-corrected chi connectivity index (χ4v) is 7.83. The van der Waals surface area contributed by atoms with Crippen LogP contribution < -0.4 is 10.1 Å². The fraction of sp³-hybridized carbons (Fsp3) is 0.440. The molecule has 0 saturated carbocycles. The van der Waals surface area contributed by atoms with Gasteiger partial charge in [0.15, 0.2) is 17.6 Å². The first-order valence-electron chi connectivity index (χ1n) is 11.4. The number of aromatic hydroxyl groups is 1. The van der Waals surface area contributed by atoms with Crippen LogP contribution in [0.2, 0.25) is 0 Å². The highest BCUT2D eigenvalue weighted by atomic mass is 19.1. The van der Waals surface area contributed by atoms with E-state index in [1.54, 1.807) is 6.07 Å². The summed E-state index contributed by atoms with van der Waals surface area (Å²) in [7, 11) is 0. The molecule has 2 aromatic carbocycles. The molecule has 2 bridgehead atoms. The first-order valence-corrected chi connectivity index (χ1v) is 11.4. The lowest BCUT2D eigenvalue weighted by Gasteiger charge is -2.60. The summed E-state index contributed by atoms with van der Waals surface area (Å²) in [5.41, 5.74) is 3.60. The van der Waals surface area contributed by atoms with Gasteiger partial charge in [-0.1, -0.05) is 6.07 Å². The zero-order valence-electron chi connectivity index (χ0n) is 17.4. The van der Waals surface area contributed by atoms with E-state index in [0.717, 1.165) is 39.8 Å². The monoisotopic (exact) mass is 434 g/mol. The number of aliphatic hydroxyl groups excluding tert-OH is 1. The van der Waals surface area contributed by atoms with Crippen molar-refractivity contribution in [1.82, 2.24) is 9.88 Å². The van der Waals surface area contributed by atoms with Crippen LogP contribution in [0.25, 0.3) is 10.9 Å². The fourth-order valence-electron chi connectivity index (χ4n) is 7.83. The van der Waals surface area contributed by atoms with E-state index in [-0.39, 0.29) is 17.6 Å². The Hall–Kier alpha value is -2.61. The summed E-state index contributed by atoms with van der Waals surface area (Å²) in [6, 6.07) is 6.46. The normalized spacial score (nSPS) is 35.4. The number of piperidine rings is 1. The Balaban J connectivity index is 1.52. The molecular weight excluding hydrogens is 411 g/mol. The van der Waals surface area contributed by atoms with E-state index < -0.39 is 23.2 Å². The van der Waals surface area contributed by atoms with Crippen LogP contribution in [0.4, 0.5) is 4.39 Å². The number of ether oxygens (including phenoxy) is 1. The van der Waals surface area contributed by atoms with Gasteiger partial charge >= 0.3 is 0 Å². The number of rotatable bonds is 0. The number of nitrogens with zero attached hydrogens (tertiary/aromatic N) is 1. The Bertz CT molecular complexity index is 1380. The van der Waals surface area contributed by atoms with Gasteiger partial charge in [-0.2, -0.15) is 0 Å². The number of aromatic nitrogens is 1. The minimum absolute atomic E-state index is 0.102. The van der Waals surface area contributed by atoms with Crippen LogP contribution in [0, 0.1) is 5.82 Å². The predicted molar refractivity (Wildman–Crippen MR) is 113 cm³/mol. The SMILES string of the molecule is Oc1ccc2c3c1O[C@H]1c4c(c5cc(F)cc6c5n4CC[C@@H]6O)C[C@@]4(O)[C@@H](C2)NCC[C@]314. The van der Waals surface area contributed by atoms with Gasteiger partial charge in [0, 0.05) is 35.5 Å². The maximum atomic E-state index is 14.7. The zero-order valence-corrected chi connectivity index (χ0v) is 17.4. The smallest absolute Gasteiger partial charge is 0.166 e. The molecular formula is C25H23FN2O4. The molecule has 1 saturated heterocycles. The summed E-state index contributed by atoms with van der Waals surface area (Å²) in [5, 5.41) is 38.1. The third kappa shape index (κ3) is 1.69. The van der Waals surface area contributed by atoms with E-state index in [9.17, 15) is 19.7 Å². The Labute approximate surface area is 183 Å². The highest BCUT2D eigenvalue weighted by Crippen LogP contribution is 2.68. The Morgan fingerprint density at radius 3 is 3.00 bits per heavy atom. The van der Waals surface area contributed by atoms with Crippen molar-refractivity contribution in [3.63, 3.8) is 0 Å². The Morgan fingerprint density at radius 1 is 1.25 bits per heavy atom. The van der Waals surface area contributed by atoms with E-state index in [2.05, 4.69) is 9.88 Å². The minimum Gasteiger partial charge on any atom is -0.504 e. The molecule has 1 aromatic heterocycles. The standard InChI is InChI=1S/C25H23FN2O4/c26-12-8-13-15-10-25(31)18-7-11-1-2-17(30)22-19(11)24(25,4-5-27-18)23(32-22)21(15)28-6-3-16(29)14(9-12)20(13)28/h1-2,8-9,16,18,23,27,29-31H,3-7,10H2/t16-,18+,23-,24-,25+/m0/s1. The van der Waals surface area contributed by atoms with Crippen LogP contribution in [0.1, 0.15) is 53.0 Å². The average molecular weight is 434 g/mol. The van der Waals surface area contributed by atoms with Crippen LogP contribution in [0.15, 0.2) is 24.3 Å². The Morgan fingerprint density at radius 2 is 2.12 bits per heavy atom. The van der Waals surface area contributed by atoms with Crippen LogP contribution in [-0.2, 0) is 24.8 Å². The number of benzene rings is 2. The molecule has 32 heavy (non-hydrogen) atoms. The highest BCUT2D eigenvalue weighted by molar-refractivity contribution is 5.90. The molecule has 0 unspecified atom stereocenters. The van der Waals surface area contributed by atoms with E-state index >= 15 is 0 Å². The second-order valence-electron chi connectivity index (χ2n) is 10.2. The van der Waals surface area contributed by atoms with E-state index in [4.69, 9.17) is 4.74 Å². The van der Waals surface area contributed by atoms with Crippen molar-refractivity contribution in [3.05, 3.63) is 58.0 Å². The molecule has 6 nitrogen and oxygen atoms in total. The lowest BCUT2D eigenvalue weighted by Crippen LogP contribution is -2.73. The van der Waals surface area contributed by atoms with Gasteiger partial charge in [-0.15, -0.1) is 0 Å². The van der Waals surface area contributed by atoms with Crippen molar-refractivity contribution in [2.45, 2.75) is 61.5 Å². The maximum absolute atomic E-state index is 14.7. The number of hydrogen-bond donors (Lipinski definition) is 4. The van der Waals surface area contributed by atoms with Crippen molar-refractivity contribution in [2.75, 3.05) is 6.54 Å². The van der Waals surface area contributed by atoms with Crippen LogP contribution >= 0.6 is 0 Å². The average Bonchev–Trinajstić information content (AvgIpc) is 3.25. The van der Waals surface area contributed by atoms with Gasteiger partial charge in [-0.3, -0.25) is 0 Å². The number of nitrogens with one attached hydrogen (secondary N) is 1. The molecule has 5 atom stereocenters. The molecule has 0 amide bonds. The summed E-state index contributed by atoms with van der Waals surface area (Å²) >= 11 is 0. The van der Waals surface area contributed by atoms with E-state index in [1.165, 1.54) is 12.1 Å². The van der Waals surface area contributed by atoms with Gasteiger partial charge in [0.1, 0.15) is 5.82 Å². The number of halogens is 1. The lowest BCUT2D eigenvalue weighted by atomic mass is 9.49. The van der Waals surface area contributed by atoms with E-state index in [0.29, 0.717) is 43.5 Å². The molecule has 5 aliphatic rings. The van der Waals surface area contributed by atoms with Crippen molar-refractivity contribution in [2.24, 2.45) is 0 Å². The summed E-state index contributed by atoms with van der Waals surface area (Å²) in [6.45, 7) is 1.37. The first kappa shape index (κ1) is 17.9. The molecule has 4 heterocycles. The topological polar surface area (TPSA) is 86.9 Å². The van der Waals surface area contributed by atoms with Crippen LogP contribution in [-0.4, -0.2) is 38.1 Å². The highest BCUT2D eigenvalue weighted by Gasteiger charge is 2.72. The maximum Gasteiger partial charge on any atom is 0.166 e. The van der Waals surface area contributed by atoms with Gasteiger partial charge in [0.25, 0.3) is 0 Å². The Kier molecular flexibility index (Phi) is 2.96. The van der Waals surface area contributed by atoms with Crippen LogP contribution in [0.3, 0.4) is 0 Å². The summed E-state index contributed by atoms with van der Waals surface area (Å²) in [4.78, 5) is 0. The number of fused-ring (bicyclic) bond motifs is 4. The zero-order chi connectivity index (χ0) is 21.6. The van der Waals surface area contributed by atoms with Crippen molar-refractivity contribution >= 4 is 10.9 Å². The molecule has 3 aromatic rings. The third-order valence-electron chi connectivity index (χ3n) is 9.01.